The zero-order valence-electron chi connectivity index (χ0n) is 8.30. The number of esters is 1. The number of carbonyl (C=O) groups is 1. The average molecular weight is 180 g/mol. The van der Waals surface area contributed by atoms with Crippen molar-refractivity contribution >= 4 is 5.97 Å². The summed E-state index contributed by atoms with van der Waals surface area (Å²) in [5.74, 6) is 0.960. The Morgan fingerprint density at radius 1 is 1.38 bits per heavy atom. The molecule has 3 aliphatic carbocycles. The van der Waals surface area contributed by atoms with E-state index in [9.17, 15) is 4.79 Å². The lowest BCUT2D eigenvalue weighted by Gasteiger charge is -2.79. The number of hydrogen-bond acceptors (Lipinski definition) is 2. The Labute approximate surface area is 78.6 Å². The van der Waals surface area contributed by atoms with Gasteiger partial charge in [0.2, 0.25) is 0 Å². The highest BCUT2D eigenvalue weighted by molar-refractivity contribution is 5.75. The molecular formula is C11H16O2. The first-order chi connectivity index (χ1) is 6.13. The molecule has 0 bridgehead atoms. The van der Waals surface area contributed by atoms with Crippen molar-refractivity contribution in [1.82, 2.24) is 0 Å². The molecule has 0 aromatic heterocycles. The smallest absolute Gasteiger partial charge is 0.308 e. The van der Waals surface area contributed by atoms with Crippen molar-refractivity contribution in [2.75, 3.05) is 7.11 Å². The van der Waals surface area contributed by atoms with Gasteiger partial charge in [-0.2, -0.15) is 0 Å². The van der Waals surface area contributed by atoms with E-state index in [-0.39, 0.29) is 11.9 Å². The first-order valence-electron chi connectivity index (χ1n) is 5.21. The fourth-order valence-electron chi connectivity index (χ4n) is 4.16. The third kappa shape index (κ3) is 0.598. The SMILES string of the molecule is COC(=O)[C@H]1CC23CC[C@@]2(C)C[C@H]13. The Kier molecular flexibility index (Phi) is 1.17. The minimum absolute atomic E-state index is 0.0320. The second-order valence-corrected chi connectivity index (χ2v) is 5.36. The van der Waals surface area contributed by atoms with Gasteiger partial charge >= 0.3 is 5.97 Å². The molecule has 0 saturated heterocycles. The highest BCUT2D eigenvalue weighted by Crippen LogP contribution is 2.83. The second-order valence-electron chi connectivity index (χ2n) is 5.36. The van der Waals surface area contributed by atoms with Crippen LogP contribution >= 0.6 is 0 Å². The van der Waals surface area contributed by atoms with E-state index in [0.29, 0.717) is 16.7 Å². The molecule has 1 spiro atoms. The minimum Gasteiger partial charge on any atom is -0.469 e. The lowest BCUT2D eigenvalue weighted by Crippen LogP contribution is -2.74. The first-order valence-corrected chi connectivity index (χ1v) is 5.21. The van der Waals surface area contributed by atoms with Gasteiger partial charge in [-0.05, 0) is 42.4 Å². The molecule has 0 amide bonds. The number of ether oxygens (including phenoxy) is 1. The van der Waals surface area contributed by atoms with Crippen LogP contribution in [0, 0.1) is 22.7 Å². The Balaban J connectivity index is 1.75. The topological polar surface area (TPSA) is 26.3 Å². The third-order valence-corrected chi connectivity index (χ3v) is 5.28. The summed E-state index contributed by atoms with van der Waals surface area (Å²) >= 11 is 0. The molecule has 2 nitrogen and oxygen atoms in total. The van der Waals surface area contributed by atoms with Crippen molar-refractivity contribution < 1.29 is 9.53 Å². The van der Waals surface area contributed by atoms with Crippen molar-refractivity contribution in [3.63, 3.8) is 0 Å². The predicted molar refractivity (Wildman–Crippen MR) is 48.0 cm³/mol. The maximum atomic E-state index is 11.3. The summed E-state index contributed by atoms with van der Waals surface area (Å²) in [4.78, 5) is 11.3. The summed E-state index contributed by atoms with van der Waals surface area (Å²) in [6.45, 7) is 2.39. The lowest BCUT2D eigenvalue weighted by atomic mass is 9.24. The van der Waals surface area contributed by atoms with E-state index in [1.165, 1.54) is 26.4 Å². The zero-order chi connectivity index (χ0) is 9.27. The quantitative estimate of drug-likeness (QED) is 0.577. The van der Waals surface area contributed by atoms with Crippen LogP contribution in [-0.2, 0) is 9.53 Å². The summed E-state index contributed by atoms with van der Waals surface area (Å²) in [5.41, 5.74) is 1.20. The van der Waals surface area contributed by atoms with E-state index in [1.54, 1.807) is 0 Å². The molecular weight excluding hydrogens is 164 g/mol. The van der Waals surface area contributed by atoms with E-state index < -0.39 is 0 Å². The Bertz CT molecular complexity index is 286. The van der Waals surface area contributed by atoms with E-state index in [4.69, 9.17) is 4.74 Å². The molecule has 0 N–H and O–H groups in total. The van der Waals surface area contributed by atoms with Crippen LogP contribution in [0.3, 0.4) is 0 Å². The Morgan fingerprint density at radius 3 is 2.46 bits per heavy atom. The average Bonchev–Trinajstić information content (AvgIpc) is 2.10. The number of carbonyl (C=O) groups excluding carboxylic acids is 1. The third-order valence-electron chi connectivity index (χ3n) is 5.28. The second kappa shape index (κ2) is 1.94. The molecule has 1 unspecified atom stereocenters. The molecule has 0 aliphatic heterocycles. The van der Waals surface area contributed by atoms with Gasteiger partial charge in [-0.3, -0.25) is 4.79 Å². The van der Waals surface area contributed by atoms with Gasteiger partial charge < -0.3 is 4.74 Å². The van der Waals surface area contributed by atoms with E-state index >= 15 is 0 Å². The van der Waals surface area contributed by atoms with Crippen LogP contribution in [0.15, 0.2) is 0 Å². The Morgan fingerprint density at radius 2 is 2.15 bits per heavy atom. The van der Waals surface area contributed by atoms with Crippen LogP contribution in [0.25, 0.3) is 0 Å². The number of hydrogen-bond donors (Lipinski definition) is 0. The van der Waals surface area contributed by atoms with Crippen molar-refractivity contribution in [2.45, 2.75) is 32.6 Å². The molecule has 3 rings (SSSR count). The summed E-state index contributed by atoms with van der Waals surface area (Å²) in [6.07, 6.45) is 5.13. The molecule has 72 valence electrons. The molecule has 0 radical (unpaired) electrons. The van der Waals surface area contributed by atoms with Crippen LogP contribution in [0.4, 0.5) is 0 Å². The van der Waals surface area contributed by atoms with E-state index in [1.807, 2.05) is 0 Å². The fourth-order valence-corrected chi connectivity index (χ4v) is 4.16. The highest BCUT2D eigenvalue weighted by atomic mass is 16.5. The van der Waals surface area contributed by atoms with Gasteiger partial charge in [-0.15, -0.1) is 0 Å². The van der Waals surface area contributed by atoms with Gasteiger partial charge in [-0.25, -0.2) is 0 Å². The molecule has 0 aromatic carbocycles. The number of methoxy groups -OCH3 is 1. The summed E-state index contributed by atoms with van der Waals surface area (Å²) < 4.78 is 4.81. The predicted octanol–water partition coefficient (Wildman–Crippen LogP) is 1.99. The van der Waals surface area contributed by atoms with Crippen LogP contribution in [0.1, 0.15) is 32.6 Å². The summed E-state index contributed by atoms with van der Waals surface area (Å²) in [7, 11) is 1.51. The van der Waals surface area contributed by atoms with Gasteiger partial charge in [0.25, 0.3) is 0 Å². The zero-order valence-corrected chi connectivity index (χ0v) is 8.30. The van der Waals surface area contributed by atoms with Gasteiger partial charge in [0.15, 0.2) is 0 Å². The highest BCUT2D eigenvalue weighted by Gasteiger charge is 2.77. The summed E-state index contributed by atoms with van der Waals surface area (Å²) in [5, 5.41) is 0. The van der Waals surface area contributed by atoms with Crippen molar-refractivity contribution in [3.05, 3.63) is 0 Å². The molecule has 3 fully saturated rings. The first kappa shape index (κ1) is 7.84. The largest absolute Gasteiger partial charge is 0.469 e. The summed E-state index contributed by atoms with van der Waals surface area (Å²) in [6, 6.07) is 0. The van der Waals surface area contributed by atoms with Gasteiger partial charge in [0, 0.05) is 0 Å². The van der Waals surface area contributed by atoms with Crippen LogP contribution in [0.5, 0.6) is 0 Å². The monoisotopic (exact) mass is 180 g/mol. The molecule has 13 heavy (non-hydrogen) atoms. The van der Waals surface area contributed by atoms with E-state index in [2.05, 4.69) is 6.92 Å². The normalized spacial score (nSPS) is 56.2. The lowest BCUT2D eigenvalue weighted by molar-refractivity contribution is -0.310. The van der Waals surface area contributed by atoms with Crippen LogP contribution in [0.2, 0.25) is 0 Å². The van der Waals surface area contributed by atoms with Crippen molar-refractivity contribution in [1.29, 1.82) is 0 Å². The maximum Gasteiger partial charge on any atom is 0.308 e. The van der Waals surface area contributed by atoms with E-state index in [0.717, 1.165) is 6.42 Å². The van der Waals surface area contributed by atoms with Crippen molar-refractivity contribution in [2.24, 2.45) is 22.7 Å². The van der Waals surface area contributed by atoms with Gasteiger partial charge in [0.05, 0.1) is 13.0 Å². The van der Waals surface area contributed by atoms with Gasteiger partial charge in [0.1, 0.15) is 0 Å². The molecule has 3 aliphatic rings. The minimum atomic E-state index is 0.0320. The molecule has 0 aromatic rings. The van der Waals surface area contributed by atoms with Crippen LogP contribution < -0.4 is 0 Å². The molecule has 2 heteroatoms. The maximum absolute atomic E-state index is 11.3. The molecule has 4 atom stereocenters. The molecule has 3 saturated carbocycles. The van der Waals surface area contributed by atoms with Gasteiger partial charge in [-0.1, -0.05) is 6.92 Å². The van der Waals surface area contributed by atoms with Crippen molar-refractivity contribution in [3.8, 4) is 0 Å². The molecule has 0 heterocycles. The Hall–Kier alpha value is -0.530. The number of rotatable bonds is 1. The van der Waals surface area contributed by atoms with Crippen LogP contribution in [-0.4, -0.2) is 13.1 Å². The standard InChI is InChI=1S/C11H16O2/c1-10-3-4-11(10)5-7(8(11)6-10)9(12)13-2/h7-8H,3-6H2,1-2H3/t7-,8+,10-,11?/m0/s1. The fraction of sp³-hybridized carbons (Fsp3) is 0.909.